The molecule has 21 heavy (non-hydrogen) atoms. The number of carbonyl (C=O) groups excluding carboxylic acids is 2. The highest BCUT2D eigenvalue weighted by molar-refractivity contribution is 5.87. The number of amides is 3. The Morgan fingerprint density at radius 1 is 1.33 bits per heavy atom. The van der Waals surface area contributed by atoms with E-state index in [1.54, 1.807) is 11.8 Å². The topological polar surface area (TPSA) is 64.7 Å². The maximum absolute atomic E-state index is 12.3. The Hall–Kier alpha value is -1.30. The molecule has 1 atom stereocenters. The van der Waals surface area contributed by atoms with Gasteiger partial charge in [0.15, 0.2) is 0 Å². The van der Waals surface area contributed by atoms with Gasteiger partial charge < -0.3 is 20.4 Å². The summed E-state index contributed by atoms with van der Waals surface area (Å²) in [5, 5.41) is 5.87. The second-order valence-electron chi connectivity index (χ2n) is 6.08. The largest absolute Gasteiger partial charge is 0.353 e. The van der Waals surface area contributed by atoms with E-state index in [1.807, 2.05) is 0 Å². The summed E-state index contributed by atoms with van der Waals surface area (Å²) in [5.74, 6) is -0.0641. The molecule has 2 N–H and O–H groups in total. The van der Waals surface area contributed by atoms with Crippen LogP contribution in [0.15, 0.2) is 0 Å². The van der Waals surface area contributed by atoms with E-state index in [2.05, 4.69) is 22.5 Å². The van der Waals surface area contributed by atoms with Crippen LogP contribution in [0.3, 0.4) is 0 Å². The summed E-state index contributed by atoms with van der Waals surface area (Å²) < 4.78 is 0. The van der Waals surface area contributed by atoms with Crippen molar-refractivity contribution in [3.63, 3.8) is 0 Å². The van der Waals surface area contributed by atoms with Crippen molar-refractivity contribution in [3.8, 4) is 0 Å². The molecule has 0 aromatic carbocycles. The van der Waals surface area contributed by atoms with Crippen LogP contribution in [0.1, 0.15) is 39.5 Å². The van der Waals surface area contributed by atoms with E-state index in [4.69, 9.17) is 0 Å². The molecule has 0 aliphatic carbocycles. The zero-order valence-electron chi connectivity index (χ0n) is 13.2. The summed E-state index contributed by atoms with van der Waals surface area (Å²) in [6.07, 6.45) is 4.48. The molecular weight excluding hydrogens is 268 g/mol. The van der Waals surface area contributed by atoms with E-state index in [1.165, 1.54) is 19.4 Å². The van der Waals surface area contributed by atoms with Crippen LogP contribution in [0, 0.1) is 0 Å². The summed E-state index contributed by atoms with van der Waals surface area (Å²) in [5.41, 5.74) is 0. The third kappa shape index (κ3) is 4.33. The molecule has 6 nitrogen and oxygen atoms in total. The first-order valence-electron chi connectivity index (χ1n) is 8.19. The van der Waals surface area contributed by atoms with Crippen LogP contribution in [0.2, 0.25) is 0 Å². The van der Waals surface area contributed by atoms with Gasteiger partial charge in [-0.3, -0.25) is 4.79 Å². The van der Waals surface area contributed by atoms with Gasteiger partial charge in [0.05, 0.1) is 0 Å². The standard InChI is InChI=1S/C15H28N4O2/c1-3-4-8-18-9-5-13(6-10-18)17-15(21)19-11-7-16-14(20)12(19)2/h12-13H,3-11H2,1-2H3,(H,16,20)(H,17,21). The highest BCUT2D eigenvalue weighted by Crippen LogP contribution is 2.12. The van der Waals surface area contributed by atoms with Crippen molar-refractivity contribution in [3.05, 3.63) is 0 Å². The van der Waals surface area contributed by atoms with Crippen molar-refractivity contribution in [2.24, 2.45) is 0 Å². The zero-order valence-corrected chi connectivity index (χ0v) is 13.2. The van der Waals surface area contributed by atoms with Gasteiger partial charge in [0.1, 0.15) is 6.04 Å². The summed E-state index contributed by atoms with van der Waals surface area (Å²) in [7, 11) is 0. The second kappa shape index (κ2) is 7.64. The summed E-state index contributed by atoms with van der Waals surface area (Å²) >= 11 is 0. The number of likely N-dealkylation sites (tertiary alicyclic amines) is 1. The number of nitrogens with one attached hydrogen (secondary N) is 2. The monoisotopic (exact) mass is 296 g/mol. The van der Waals surface area contributed by atoms with Crippen LogP contribution in [0.5, 0.6) is 0 Å². The normalized spacial score (nSPS) is 24.8. The van der Waals surface area contributed by atoms with Crippen LogP contribution in [-0.2, 0) is 4.79 Å². The Kier molecular flexibility index (Phi) is 5.85. The number of urea groups is 1. The molecule has 2 saturated heterocycles. The van der Waals surface area contributed by atoms with Crippen molar-refractivity contribution in [1.82, 2.24) is 20.4 Å². The van der Waals surface area contributed by atoms with E-state index in [9.17, 15) is 9.59 Å². The number of hydrogen-bond acceptors (Lipinski definition) is 3. The molecule has 0 aromatic heterocycles. The fourth-order valence-electron chi connectivity index (χ4n) is 3.00. The van der Waals surface area contributed by atoms with E-state index < -0.39 is 0 Å². The average Bonchev–Trinajstić information content (AvgIpc) is 2.49. The van der Waals surface area contributed by atoms with Gasteiger partial charge in [-0.1, -0.05) is 13.3 Å². The molecule has 2 aliphatic heterocycles. The molecular formula is C15H28N4O2. The fraction of sp³-hybridized carbons (Fsp3) is 0.867. The van der Waals surface area contributed by atoms with Crippen molar-refractivity contribution in [2.75, 3.05) is 32.7 Å². The first-order chi connectivity index (χ1) is 10.1. The minimum absolute atomic E-state index is 0.0641. The van der Waals surface area contributed by atoms with E-state index in [0.717, 1.165) is 25.9 Å². The fourth-order valence-corrected chi connectivity index (χ4v) is 3.00. The lowest BCUT2D eigenvalue weighted by molar-refractivity contribution is -0.126. The number of unbranched alkanes of at least 4 members (excludes halogenated alkanes) is 1. The molecule has 0 saturated carbocycles. The molecule has 120 valence electrons. The maximum atomic E-state index is 12.3. The maximum Gasteiger partial charge on any atom is 0.318 e. The van der Waals surface area contributed by atoms with E-state index in [0.29, 0.717) is 13.1 Å². The van der Waals surface area contributed by atoms with Gasteiger partial charge in [0, 0.05) is 32.2 Å². The minimum atomic E-state index is -0.372. The van der Waals surface area contributed by atoms with Crippen LogP contribution in [-0.4, -0.2) is 66.5 Å². The first kappa shape index (κ1) is 16.1. The van der Waals surface area contributed by atoms with Crippen LogP contribution in [0.25, 0.3) is 0 Å². The van der Waals surface area contributed by atoms with Gasteiger partial charge in [-0.25, -0.2) is 4.79 Å². The van der Waals surface area contributed by atoms with E-state index >= 15 is 0 Å². The van der Waals surface area contributed by atoms with Crippen LogP contribution in [0.4, 0.5) is 4.79 Å². The highest BCUT2D eigenvalue weighted by Gasteiger charge is 2.30. The Morgan fingerprint density at radius 2 is 2.05 bits per heavy atom. The zero-order chi connectivity index (χ0) is 15.2. The minimum Gasteiger partial charge on any atom is -0.353 e. The predicted molar refractivity (Wildman–Crippen MR) is 82.1 cm³/mol. The number of rotatable bonds is 4. The smallest absolute Gasteiger partial charge is 0.318 e. The molecule has 2 fully saturated rings. The summed E-state index contributed by atoms with van der Waals surface area (Å²) in [6.45, 7) is 8.41. The third-order valence-electron chi connectivity index (χ3n) is 4.50. The quantitative estimate of drug-likeness (QED) is 0.806. The predicted octanol–water partition coefficient (Wildman–Crippen LogP) is 0.781. The molecule has 0 bridgehead atoms. The number of piperazine rings is 1. The Balaban J connectivity index is 1.75. The molecule has 3 amide bonds. The van der Waals surface area contributed by atoms with Gasteiger partial charge in [0.25, 0.3) is 0 Å². The number of carbonyl (C=O) groups is 2. The molecule has 0 spiro atoms. The Morgan fingerprint density at radius 3 is 2.71 bits per heavy atom. The number of piperidine rings is 1. The lowest BCUT2D eigenvalue weighted by Gasteiger charge is -2.36. The SMILES string of the molecule is CCCCN1CCC(NC(=O)N2CCNC(=O)C2C)CC1. The van der Waals surface area contributed by atoms with Gasteiger partial charge in [-0.2, -0.15) is 0 Å². The summed E-state index contributed by atoms with van der Waals surface area (Å²) in [6, 6.07) is -0.222. The first-order valence-corrected chi connectivity index (χ1v) is 8.19. The number of hydrogen-bond donors (Lipinski definition) is 2. The van der Waals surface area contributed by atoms with Crippen LogP contribution < -0.4 is 10.6 Å². The molecule has 6 heteroatoms. The highest BCUT2D eigenvalue weighted by atomic mass is 16.2. The lowest BCUT2D eigenvalue weighted by atomic mass is 10.0. The lowest BCUT2D eigenvalue weighted by Crippen LogP contribution is -2.59. The molecule has 1 unspecified atom stereocenters. The molecule has 2 aliphatic rings. The van der Waals surface area contributed by atoms with Gasteiger partial charge in [-0.15, -0.1) is 0 Å². The number of nitrogens with zero attached hydrogens (tertiary/aromatic N) is 2. The molecule has 0 aromatic rings. The van der Waals surface area contributed by atoms with Gasteiger partial charge >= 0.3 is 6.03 Å². The van der Waals surface area contributed by atoms with Gasteiger partial charge in [-0.05, 0) is 32.7 Å². The second-order valence-corrected chi connectivity index (χ2v) is 6.08. The molecule has 0 radical (unpaired) electrons. The molecule has 2 rings (SSSR count). The molecule has 2 heterocycles. The van der Waals surface area contributed by atoms with Crippen LogP contribution >= 0.6 is 0 Å². The Bertz CT molecular complexity index is 367. The van der Waals surface area contributed by atoms with Gasteiger partial charge in [0.2, 0.25) is 5.91 Å². The summed E-state index contributed by atoms with van der Waals surface area (Å²) in [4.78, 5) is 28.0. The van der Waals surface area contributed by atoms with Crippen molar-refractivity contribution in [1.29, 1.82) is 0 Å². The van der Waals surface area contributed by atoms with Crippen molar-refractivity contribution in [2.45, 2.75) is 51.6 Å². The third-order valence-corrected chi connectivity index (χ3v) is 4.50. The average molecular weight is 296 g/mol. The van der Waals surface area contributed by atoms with E-state index in [-0.39, 0.29) is 24.0 Å². The van der Waals surface area contributed by atoms with Crippen molar-refractivity contribution < 1.29 is 9.59 Å². The van der Waals surface area contributed by atoms with Crippen molar-refractivity contribution >= 4 is 11.9 Å². The Labute approximate surface area is 127 Å².